The van der Waals surface area contributed by atoms with Gasteiger partial charge in [0.25, 0.3) is 5.91 Å². The van der Waals surface area contributed by atoms with Crippen LogP contribution in [0.25, 0.3) is 0 Å². The topological polar surface area (TPSA) is 48.5 Å². The summed E-state index contributed by atoms with van der Waals surface area (Å²) >= 11 is 0. The second kappa shape index (κ2) is 6.70. The highest BCUT2D eigenvalue weighted by Crippen LogP contribution is 2.18. The van der Waals surface area contributed by atoms with Crippen molar-refractivity contribution in [1.82, 2.24) is 15.2 Å². The lowest BCUT2D eigenvalue weighted by atomic mass is 9.99. The first-order chi connectivity index (χ1) is 9.58. The molecule has 1 aromatic heterocycles. The van der Waals surface area contributed by atoms with Crippen molar-refractivity contribution >= 4 is 11.6 Å². The van der Waals surface area contributed by atoms with Gasteiger partial charge in [-0.3, -0.25) is 9.78 Å². The van der Waals surface area contributed by atoms with E-state index in [4.69, 9.17) is 0 Å². The SMILES string of the molecule is CN(C)C(=O)c1cc(N(C)CC2CCCNC2)ccn1. The minimum atomic E-state index is -0.0559. The molecule has 1 aromatic rings. The summed E-state index contributed by atoms with van der Waals surface area (Å²) in [6.45, 7) is 3.22. The summed E-state index contributed by atoms with van der Waals surface area (Å²) < 4.78 is 0. The average molecular weight is 276 g/mol. The van der Waals surface area contributed by atoms with E-state index >= 15 is 0 Å². The molecule has 1 unspecified atom stereocenters. The number of hydrogen-bond acceptors (Lipinski definition) is 4. The van der Waals surface area contributed by atoms with Gasteiger partial charge in [0.15, 0.2) is 0 Å². The molecule has 0 bridgehead atoms. The first-order valence-corrected chi connectivity index (χ1v) is 7.17. The number of nitrogens with zero attached hydrogens (tertiary/aromatic N) is 3. The third-order valence-electron chi connectivity index (χ3n) is 3.74. The smallest absolute Gasteiger partial charge is 0.272 e. The Morgan fingerprint density at radius 3 is 2.90 bits per heavy atom. The van der Waals surface area contributed by atoms with Crippen molar-refractivity contribution in [2.45, 2.75) is 12.8 Å². The van der Waals surface area contributed by atoms with Crippen LogP contribution in [-0.4, -0.2) is 56.6 Å². The van der Waals surface area contributed by atoms with Crippen LogP contribution >= 0.6 is 0 Å². The minimum absolute atomic E-state index is 0.0559. The normalized spacial score (nSPS) is 18.6. The van der Waals surface area contributed by atoms with Crippen LogP contribution in [0, 0.1) is 5.92 Å². The molecule has 0 aliphatic carbocycles. The molecule has 0 spiro atoms. The third kappa shape index (κ3) is 3.70. The Bertz CT molecular complexity index is 455. The van der Waals surface area contributed by atoms with Crippen LogP contribution in [0.3, 0.4) is 0 Å². The molecule has 1 saturated heterocycles. The van der Waals surface area contributed by atoms with Crippen molar-refractivity contribution in [3.05, 3.63) is 24.0 Å². The standard InChI is InChI=1S/C15H24N4O/c1-18(2)15(20)14-9-13(6-8-17-14)19(3)11-12-5-4-7-16-10-12/h6,8-9,12,16H,4-5,7,10-11H2,1-3H3. The van der Waals surface area contributed by atoms with E-state index in [1.165, 1.54) is 12.8 Å². The van der Waals surface area contributed by atoms with Gasteiger partial charge in [-0.25, -0.2) is 0 Å². The fourth-order valence-electron chi connectivity index (χ4n) is 2.58. The monoisotopic (exact) mass is 276 g/mol. The van der Waals surface area contributed by atoms with Gasteiger partial charge >= 0.3 is 0 Å². The van der Waals surface area contributed by atoms with E-state index in [1.54, 1.807) is 25.2 Å². The Morgan fingerprint density at radius 1 is 1.45 bits per heavy atom. The van der Waals surface area contributed by atoms with Crippen molar-refractivity contribution in [2.75, 3.05) is 45.7 Å². The molecule has 110 valence electrons. The summed E-state index contributed by atoms with van der Waals surface area (Å²) in [4.78, 5) is 19.9. The van der Waals surface area contributed by atoms with Crippen LogP contribution in [0.1, 0.15) is 23.3 Å². The first kappa shape index (κ1) is 14.8. The van der Waals surface area contributed by atoms with Crippen LogP contribution in [0.5, 0.6) is 0 Å². The summed E-state index contributed by atoms with van der Waals surface area (Å²) in [5.74, 6) is 0.620. The van der Waals surface area contributed by atoms with E-state index in [1.807, 2.05) is 12.1 Å². The molecule has 0 aromatic carbocycles. The zero-order valence-corrected chi connectivity index (χ0v) is 12.6. The number of carbonyl (C=O) groups is 1. The molecule has 2 heterocycles. The Hall–Kier alpha value is -1.62. The molecule has 1 atom stereocenters. The molecule has 20 heavy (non-hydrogen) atoms. The van der Waals surface area contributed by atoms with Gasteiger partial charge in [0.1, 0.15) is 5.69 Å². The quantitative estimate of drug-likeness (QED) is 0.898. The number of piperidine rings is 1. The lowest BCUT2D eigenvalue weighted by Crippen LogP contribution is -2.37. The van der Waals surface area contributed by atoms with Gasteiger partial charge in [0, 0.05) is 39.6 Å². The molecule has 1 aliphatic heterocycles. The lowest BCUT2D eigenvalue weighted by molar-refractivity contribution is 0.0822. The summed E-state index contributed by atoms with van der Waals surface area (Å²) in [5.41, 5.74) is 1.55. The van der Waals surface area contributed by atoms with Crippen molar-refractivity contribution in [1.29, 1.82) is 0 Å². The van der Waals surface area contributed by atoms with Gasteiger partial charge in [-0.2, -0.15) is 0 Å². The van der Waals surface area contributed by atoms with Gasteiger partial charge in [-0.05, 0) is 44.0 Å². The fourth-order valence-corrected chi connectivity index (χ4v) is 2.58. The molecule has 2 rings (SSSR count). The molecule has 0 saturated carbocycles. The highest BCUT2D eigenvalue weighted by atomic mass is 16.2. The Balaban J connectivity index is 2.03. The van der Waals surface area contributed by atoms with Crippen LogP contribution in [0.4, 0.5) is 5.69 Å². The maximum atomic E-state index is 11.9. The maximum Gasteiger partial charge on any atom is 0.272 e. The number of hydrogen-bond donors (Lipinski definition) is 1. The van der Waals surface area contributed by atoms with Gasteiger partial charge in [-0.1, -0.05) is 0 Å². The molecule has 0 radical (unpaired) electrons. The van der Waals surface area contributed by atoms with Crippen molar-refractivity contribution in [3.63, 3.8) is 0 Å². The lowest BCUT2D eigenvalue weighted by Gasteiger charge is -2.29. The highest BCUT2D eigenvalue weighted by molar-refractivity contribution is 5.92. The van der Waals surface area contributed by atoms with Crippen LogP contribution in [0.15, 0.2) is 18.3 Å². The van der Waals surface area contributed by atoms with Crippen molar-refractivity contribution < 1.29 is 4.79 Å². The van der Waals surface area contributed by atoms with Gasteiger partial charge in [0.2, 0.25) is 0 Å². The Kier molecular flexibility index (Phi) is 4.95. The Labute approximate surface area is 121 Å². The van der Waals surface area contributed by atoms with E-state index in [9.17, 15) is 4.79 Å². The van der Waals surface area contributed by atoms with Gasteiger partial charge < -0.3 is 15.1 Å². The number of carbonyl (C=O) groups excluding carboxylic acids is 1. The predicted molar refractivity (Wildman–Crippen MR) is 81.1 cm³/mol. The van der Waals surface area contributed by atoms with Crippen molar-refractivity contribution in [3.8, 4) is 0 Å². The van der Waals surface area contributed by atoms with Gasteiger partial charge in [-0.15, -0.1) is 0 Å². The maximum absolute atomic E-state index is 11.9. The number of pyridine rings is 1. The summed E-state index contributed by atoms with van der Waals surface area (Å²) in [5, 5.41) is 3.44. The molecular weight excluding hydrogens is 252 g/mol. The van der Waals surface area contributed by atoms with E-state index < -0.39 is 0 Å². The predicted octanol–water partition coefficient (Wildman–Crippen LogP) is 1.22. The van der Waals surface area contributed by atoms with E-state index in [0.29, 0.717) is 11.6 Å². The highest BCUT2D eigenvalue weighted by Gasteiger charge is 2.16. The van der Waals surface area contributed by atoms with Crippen LogP contribution in [0.2, 0.25) is 0 Å². The summed E-state index contributed by atoms with van der Waals surface area (Å²) in [7, 11) is 5.57. The second-order valence-electron chi connectivity index (χ2n) is 5.69. The molecule has 1 amide bonds. The molecule has 5 nitrogen and oxygen atoms in total. The summed E-state index contributed by atoms with van der Waals surface area (Å²) in [6.07, 6.45) is 4.23. The second-order valence-corrected chi connectivity index (χ2v) is 5.69. The summed E-state index contributed by atoms with van der Waals surface area (Å²) in [6, 6.07) is 3.83. The fraction of sp³-hybridized carbons (Fsp3) is 0.600. The number of anilines is 1. The minimum Gasteiger partial charge on any atom is -0.374 e. The van der Waals surface area contributed by atoms with E-state index in [-0.39, 0.29) is 5.91 Å². The molecule has 1 fully saturated rings. The van der Waals surface area contributed by atoms with Crippen LogP contribution in [-0.2, 0) is 0 Å². The Morgan fingerprint density at radius 2 is 2.25 bits per heavy atom. The third-order valence-corrected chi connectivity index (χ3v) is 3.74. The zero-order valence-electron chi connectivity index (χ0n) is 12.6. The van der Waals surface area contributed by atoms with Gasteiger partial charge in [0.05, 0.1) is 0 Å². The van der Waals surface area contributed by atoms with Crippen molar-refractivity contribution in [2.24, 2.45) is 5.92 Å². The van der Waals surface area contributed by atoms with Crippen LogP contribution < -0.4 is 10.2 Å². The molecule has 5 heteroatoms. The molecule has 1 aliphatic rings. The molecule has 1 N–H and O–H groups in total. The zero-order chi connectivity index (χ0) is 14.5. The average Bonchev–Trinajstić information content (AvgIpc) is 2.47. The largest absolute Gasteiger partial charge is 0.374 e. The molecular formula is C15H24N4O. The number of nitrogens with one attached hydrogen (secondary N) is 1. The van der Waals surface area contributed by atoms with E-state index in [2.05, 4.69) is 22.2 Å². The van der Waals surface area contributed by atoms with E-state index in [0.717, 1.165) is 25.3 Å². The number of amides is 1. The number of aromatic nitrogens is 1. The first-order valence-electron chi connectivity index (χ1n) is 7.17. The number of rotatable bonds is 4.